The van der Waals surface area contributed by atoms with Gasteiger partial charge in [-0.1, -0.05) is 30.3 Å². The SMILES string of the molecule is O=C1NC(=O)C2(C3CCOc4c(-c5ccccc5)coc43)CC1C2. The number of piperidine rings is 2. The van der Waals surface area contributed by atoms with Gasteiger partial charge in [0.15, 0.2) is 11.5 Å². The molecule has 5 nitrogen and oxygen atoms in total. The summed E-state index contributed by atoms with van der Waals surface area (Å²) in [4.78, 5) is 24.3. The number of ether oxygens (including phenoxy) is 1. The Bertz CT molecular complexity index is 832. The number of fused-ring (bicyclic) bond motifs is 3. The van der Waals surface area contributed by atoms with Gasteiger partial charge in [0.25, 0.3) is 0 Å². The average molecular weight is 323 g/mol. The first-order valence-corrected chi connectivity index (χ1v) is 8.34. The van der Waals surface area contributed by atoms with Crippen molar-refractivity contribution in [3.63, 3.8) is 0 Å². The van der Waals surface area contributed by atoms with Crippen LogP contribution in [-0.4, -0.2) is 18.4 Å². The molecule has 4 heterocycles. The highest BCUT2D eigenvalue weighted by Gasteiger charge is 2.62. The molecule has 0 radical (unpaired) electrons. The molecule has 2 saturated heterocycles. The normalized spacial score (nSPS) is 30.8. The Morgan fingerprint density at radius 2 is 1.92 bits per heavy atom. The Morgan fingerprint density at radius 3 is 2.67 bits per heavy atom. The molecule has 1 saturated carbocycles. The number of benzene rings is 1. The molecule has 1 N–H and O–H groups in total. The second-order valence-electron chi connectivity index (χ2n) is 6.98. The minimum atomic E-state index is -0.511. The van der Waals surface area contributed by atoms with Crippen molar-refractivity contribution >= 4 is 11.8 Å². The van der Waals surface area contributed by atoms with Gasteiger partial charge < -0.3 is 9.15 Å². The van der Waals surface area contributed by atoms with Crippen LogP contribution in [-0.2, 0) is 9.59 Å². The highest BCUT2D eigenvalue weighted by molar-refractivity contribution is 6.05. The second-order valence-corrected chi connectivity index (χ2v) is 6.98. The van der Waals surface area contributed by atoms with E-state index in [1.165, 1.54) is 0 Å². The molecule has 2 aromatic rings. The lowest BCUT2D eigenvalue weighted by Gasteiger charge is -2.53. The number of furan rings is 1. The smallest absolute Gasteiger partial charge is 0.233 e. The largest absolute Gasteiger partial charge is 0.489 e. The van der Waals surface area contributed by atoms with Crippen molar-refractivity contribution in [1.29, 1.82) is 0 Å². The highest BCUT2D eigenvalue weighted by Crippen LogP contribution is 2.61. The molecule has 4 aliphatic rings. The molecule has 122 valence electrons. The lowest BCUT2D eigenvalue weighted by Crippen LogP contribution is -2.64. The molecule has 5 heteroatoms. The summed E-state index contributed by atoms with van der Waals surface area (Å²) in [6.07, 6.45) is 3.71. The minimum Gasteiger partial charge on any atom is -0.489 e. The van der Waals surface area contributed by atoms with Crippen LogP contribution in [0.2, 0.25) is 0 Å². The van der Waals surface area contributed by atoms with Crippen LogP contribution in [0.25, 0.3) is 11.1 Å². The first-order chi connectivity index (χ1) is 11.7. The fourth-order valence-corrected chi connectivity index (χ4v) is 4.48. The van der Waals surface area contributed by atoms with Crippen LogP contribution in [0, 0.1) is 11.3 Å². The Labute approximate surface area is 139 Å². The van der Waals surface area contributed by atoms with Crippen molar-refractivity contribution < 1.29 is 18.7 Å². The first kappa shape index (κ1) is 13.8. The van der Waals surface area contributed by atoms with Crippen molar-refractivity contribution in [3.05, 3.63) is 42.4 Å². The first-order valence-electron chi connectivity index (χ1n) is 8.34. The Morgan fingerprint density at radius 1 is 1.12 bits per heavy atom. The standard InChI is InChI=1S/C19H17NO4/c21-17-12-8-19(9-12,18(22)20-17)14-6-7-23-15-13(10-24-16(14)15)11-4-2-1-3-5-11/h1-5,10,12,14H,6-9H2,(H,20,21,22). The number of nitrogens with one attached hydrogen (secondary N) is 1. The van der Waals surface area contributed by atoms with E-state index in [0.29, 0.717) is 19.4 Å². The zero-order valence-electron chi connectivity index (χ0n) is 13.1. The summed E-state index contributed by atoms with van der Waals surface area (Å²) in [6, 6.07) is 9.95. The maximum absolute atomic E-state index is 12.5. The minimum absolute atomic E-state index is 0.0249. The molecule has 1 unspecified atom stereocenters. The molecular formula is C19H17NO4. The lowest BCUT2D eigenvalue weighted by atomic mass is 9.51. The van der Waals surface area contributed by atoms with Gasteiger partial charge in [0.1, 0.15) is 6.26 Å². The predicted octanol–water partition coefficient (Wildman–Crippen LogP) is 2.87. The van der Waals surface area contributed by atoms with Gasteiger partial charge in [-0.2, -0.15) is 0 Å². The van der Waals surface area contributed by atoms with E-state index in [1.807, 2.05) is 30.3 Å². The van der Waals surface area contributed by atoms with E-state index in [1.54, 1.807) is 6.26 Å². The van der Waals surface area contributed by atoms with Gasteiger partial charge in [-0.05, 0) is 24.8 Å². The average Bonchev–Trinajstić information content (AvgIpc) is 2.98. The van der Waals surface area contributed by atoms with E-state index in [-0.39, 0.29) is 23.7 Å². The van der Waals surface area contributed by atoms with Crippen molar-refractivity contribution in [1.82, 2.24) is 5.32 Å². The number of rotatable bonds is 2. The quantitative estimate of drug-likeness (QED) is 0.863. The van der Waals surface area contributed by atoms with Crippen molar-refractivity contribution in [2.45, 2.75) is 25.2 Å². The third kappa shape index (κ3) is 1.70. The molecule has 1 aromatic carbocycles. The van der Waals surface area contributed by atoms with Gasteiger partial charge >= 0.3 is 0 Å². The Kier molecular flexibility index (Phi) is 2.72. The van der Waals surface area contributed by atoms with E-state index >= 15 is 0 Å². The van der Waals surface area contributed by atoms with Crippen LogP contribution in [0.15, 0.2) is 41.0 Å². The zero-order valence-corrected chi connectivity index (χ0v) is 13.1. The maximum atomic E-state index is 12.5. The summed E-state index contributed by atoms with van der Waals surface area (Å²) in [6.45, 7) is 0.560. The van der Waals surface area contributed by atoms with Crippen molar-refractivity contribution in [2.75, 3.05) is 6.61 Å². The number of hydrogen-bond acceptors (Lipinski definition) is 4. The molecule has 0 spiro atoms. The highest BCUT2D eigenvalue weighted by atomic mass is 16.5. The van der Waals surface area contributed by atoms with Crippen LogP contribution in [0.1, 0.15) is 30.9 Å². The summed E-state index contributed by atoms with van der Waals surface area (Å²) < 4.78 is 11.8. The van der Waals surface area contributed by atoms with E-state index < -0.39 is 5.41 Å². The molecule has 1 aromatic heterocycles. The molecule has 6 rings (SSSR count). The summed E-state index contributed by atoms with van der Waals surface area (Å²) in [5.41, 5.74) is 1.45. The third-order valence-electron chi connectivity index (χ3n) is 5.77. The summed E-state index contributed by atoms with van der Waals surface area (Å²) in [5, 5.41) is 2.53. The molecule has 2 amide bonds. The van der Waals surface area contributed by atoms with Gasteiger partial charge in [0.05, 0.1) is 17.6 Å². The monoisotopic (exact) mass is 323 g/mol. The van der Waals surface area contributed by atoms with Gasteiger partial charge in [0.2, 0.25) is 11.8 Å². The third-order valence-corrected chi connectivity index (χ3v) is 5.77. The number of carbonyl (C=O) groups excluding carboxylic acids is 2. The maximum Gasteiger partial charge on any atom is 0.233 e. The summed E-state index contributed by atoms with van der Waals surface area (Å²) in [5.74, 6) is 1.17. The zero-order chi connectivity index (χ0) is 16.3. The van der Waals surface area contributed by atoms with Crippen LogP contribution in [0.4, 0.5) is 0 Å². The van der Waals surface area contributed by atoms with Gasteiger partial charge in [-0.3, -0.25) is 14.9 Å². The second kappa shape index (κ2) is 4.72. The van der Waals surface area contributed by atoms with E-state index in [9.17, 15) is 9.59 Å². The molecular weight excluding hydrogens is 306 g/mol. The Balaban J connectivity index is 1.56. The topological polar surface area (TPSA) is 68.5 Å². The molecule has 1 aliphatic carbocycles. The van der Waals surface area contributed by atoms with Crippen LogP contribution < -0.4 is 10.1 Å². The van der Waals surface area contributed by atoms with Gasteiger partial charge in [0, 0.05) is 11.8 Å². The molecule has 24 heavy (non-hydrogen) atoms. The lowest BCUT2D eigenvalue weighted by molar-refractivity contribution is -0.162. The Hall–Kier alpha value is -2.56. The summed E-state index contributed by atoms with van der Waals surface area (Å²) in [7, 11) is 0. The van der Waals surface area contributed by atoms with Gasteiger partial charge in [-0.25, -0.2) is 0 Å². The fraction of sp³-hybridized carbons (Fsp3) is 0.368. The van der Waals surface area contributed by atoms with Gasteiger partial charge in [-0.15, -0.1) is 0 Å². The number of imide groups is 1. The van der Waals surface area contributed by atoms with Crippen molar-refractivity contribution in [2.24, 2.45) is 11.3 Å². The summed E-state index contributed by atoms with van der Waals surface area (Å²) >= 11 is 0. The molecule has 3 fully saturated rings. The van der Waals surface area contributed by atoms with E-state index in [2.05, 4.69) is 5.32 Å². The number of hydrogen-bond donors (Lipinski definition) is 1. The van der Waals surface area contributed by atoms with Crippen LogP contribution in [0.3, 0.4) is 0 Å². The van der Waals surface area contributed by atoms with E-state index in [4.69, 9.17) is 9.15 Å². The molecule has 3 aliphatic heterocycles. The predicted molar refractivity (Wildman–Crippen MR) is 85.3 cm³/mol. The van der Waals surface area contributed by atoms with Crippen LogP contribution in [0.5, 0.6) is 5.75 Å². The van der Waals surface area contributed by atoms with E-state index in [0.717, 1.165) is 29.1 Å². The number of amides is 2. The fourth-order valence-electron chi connectivity index (χ4n) is 4.48. The van der Waals surface area contributed by atoms with Crippen molar-refractivity contribution in [3.8, 4) is 16.9 Å². The molecule has 2 bridgehead atoms. The number of carbonyl (C=O) groups is 2. The molecule has 1 atom stereocenters. The van der Waals surface area contributed by atoms with Crippen LogP contribution >= 0.6 is 0 Å².